The predicted molar refractivity (Wildman–Crippen MR) is 131 cm³/mol. The van der Waals surface area contributed by atoms with Gasteiger partial charge >= 0.3 is 0 Å². The molecule has 0 aliphatic rings. The van der Waals surface area contributed by atoms with Crippen LogP contribution in [0.5, 0.6) is 0 Å². The maximum absolute atomic E-state index is 4.14. The van der Waals surface area contributed by atoms with E-state index in [9.17, 15) is 0 Å². The summed E-state index contributed by atoms with van der Waals surface area (Å²) in [4.78, 5) is 0. The zero-order valence-corrected chi connectivity index (χ0v) is 18.3. The third-order valence-corrected chi connectivity index (χ3v) is 5.94. The first-order chi connectivity index (χ1) is 17.9. The highest BCUT2D eigenvalue weighted by atomic mass is 15.4. The van der Waals surface area contributed by atoms with Crippen LogP contribution in [0.15, 0.2) is 73.1 Å². The molecule has 0 bridgehead atoms. The Bertz CT molecular complexity index is 1490. The molecule has 0 N–H and O–H groups in total. The van der Waals surface area contributed by atoms with E-state index in [1.54, 1.807) is 12.4 Å². The first-order valence-corrected chi connectivity index (χ1v) is 10.9. The Labute approximate surface area is 200 Å². The SMILES string of the molecule is c1ccc2c(c1)c1ccnnc1c1nnnnc21.c1ccc2c(c1)c1ccnnc1c1nnnnc21. The fourth-order valence-electron chi connectivity index (χ4n) is 4.43. The summed E-state index contributed by atoms with van der Waals surface area (Å²) < 4.78 is 0. The largest absolute Gasteiger partial charge is 0.158 e. The Morgan fingerprint density at radius 1 is 0.306 bits per heavy atom. The lowest BCUT2D eigenvalue weighted by Gasteiger charge is -2.04. The lowest BCUT2D eigenvalue weighted by Crippen LogP contribution is -1.96. The van der Waals surface area contributed by atoms with E-state index in [-0.39, 0.29) is 0 Å². The van der Waals surface area contributed by atoms with Gasteiger partial charge in [0.15, 0.2) is 0 Å². The molecule has 4 aromatic carbocycles. The Hall–Kier alpha value is -5.52. The van der Waals surface area contributed by atoms with Crippen LogP contribution in [0.3, 0.4) is 0 Å². The van der Waals surface area contributed by atoms with Gasteiger partial charge in [-0.3, -0.25) is 0 Å². The number of nitrogens with zero attached hydrogens (tertiary/aromatic N) is 12. The molecule has 0 atom stereocenters. The van der Waals surface area contributed by atoms with Crippen molar-refractivity contribution >= 4 is 65.4 Å². The van der Waals surface area contributed by atoms with Crippen LogP contribution in [0.2, 0.25) is 0 Å². The van der Waals surface area contributed by atoms with Gasteiger partial charge in [-0.1, -0.05) is 48.5 Å². The van der Waals surface area contributed by atoms with Crippen molar-refractivity contribution in [3.63, 3.8) is 0 Å². The first-order valence-electron chi connectivity index (χ1n) is 10.9. The molecule has 12 nitrogen and oxygen atoms in total. The van der Waals surface area contributed by atoms with E-state index in [0.717, 1.165) is 32.3 Å². The molecule has 36 heavy (non-hydrogen) atoms. The summed E-state index contributed by atoms with van der Waals surface area (Å²) in [5, 5.41) is 52.8. The van der Waals surface area contributed by atoms with E-state index < -0.39 is 0 Å². The Kier molecular flexibility index (Phi) is 4.45. The molecule has 8 rings (SSSR count). The molecular weight excluding hydrogens is 456 g/mol. The molecule has 0 unspecified atom stereocenters. The second-order valence-electron chi connectivity index (χ2n) is 7.83. The lowest BCUT2D eigenvalue weighted by molar-refractivity contribution is 0.799. The van der Waals surface area contributed by atoms with E-state index in [1.807, 2.05) is 60.7 Å². The van der Waals surface area contributed by atoms with Crippen molar-refractivity contribution in [3.8, 4) is 0 Å². The lowest BCUT2D eigenvalue weighted by atomic mass is 10.0. The molecule has 4 heterocycles. The van der Waals surface area contributed by atoms with Crippen molar-refractivity contribution in [2.24, 2.45) is 0 Å². The third-order valence-electron chi connectivity index (χ3n) is 5.94. The quantitative estimate of drug-likeness (QED) is 0.300. The zero-order valence-electron chi connectivity index (χ0n) is 18.3. The van der Waals surface area contributed by atoms with Crippen LogP contribution in [0, 0.1) is 0 Å². The summed E-state index contributed by atoms with van der Waals surface area (Å²) in [6.07, 6.45) is 3.34. The molecule has 0 aliphatic heterocycles. The van der Waals surface area contributed by atoms with Crippen LogP contribution in [0.4, 0.5) is 0 Å². The van der Waals surface area contributed by atoms with Crippen LogP contribution in [0.25, 0.3) is 65.4 Å². The summed E-state index contributed by atoms with van der Waals surface area (Å²) in [5.41, 5.74) is 4.07. The number of benzene rings is 4. The number of rotatable bonds is 0. The highest BCUT2D eigenvalue weighted by Crippen LogP contribution is 2.31. The van der Waals surface area contributed by atoms with Gasteiger partial charge < -0.3 is 0 Å². The number of hydrogen-bond acceptors (Lipinski definition) is 12. The highest BCUT2D eigenvalue weighted by Gasteiger charge is 2.13. The molecule has 0 radical (unpaired) electrons. The molecule has 0 saturated heterocycles. The van der Waals surface area contributed by atoms with E-state index in [0.29, 0.717) is 33.1 Å². The van der Waals surface area contributed by atoms with Crippen molar-refractivity contribution in [2.75, 3.05) is 0 Å². The Morgan fingerprint density at radius 2 is 0.639 bits per heavy atom. The Morgan fingerprint density at radius 3 is 1.08 bits per heavy atom. The second kappa shape index (κ2) is 8.06. The van der Waals surface area contributed by atoms with Gasteiger partial charge in [-0.2, -0.15) is 10.2 Å². The molecule has 0 fully saturated rings. The number of aromatic nitrogens is 12. The molecule has 0 saturated carbocycles. The summed E-state index contributed by atoms with van der Waals surface area (Å²) >= 11 is 0. The molecule has 4 aromatic heterocycles. The summed E-state index contributed by atoms with van der Waals surface area (Å²) in [6.45, 7) is 0. The molecule has 0 spiro atoms. The van der Waals surface area contributed by atoms with Gasteiger partial charge in [-0.15, -0.1) is 30.6 Å². The van der Waals surface area contributed by atoms with Crippen molar-refractivity contribution < 1.29 is 0 Å². The van der Waals surface area contributed by atoms with Crippen LogP contribution >= 0.6 is 0 Å². The average Bonchev–Trinajstić information content (AvgIpc) is 2.98. The monoisotopic (exact) mass is 468 g/mol. The number of fused-ring (bicyclic) bond motifs is 12. The summed E-state index contributed by atoms with van der Waals surface area (Å²) in [5.74, 6) is 0. The van der Waals surface area contributed by atoms with Crippen molar-refractivity contribution in [2.45, 2.75) is 0 Å². The summed E-state index contributed by atoms with van der Waals surface area (Å²) in [6, 6.07) is 19.8. The molecule has 168 valence electrons. The predicted octanol–water partition coefficient (Wildman–Crippen LogP) is 3.03. The Balaban J connectivity index is 0.000000122. The topological polar surface area (TPSA) is 155 Å². The van der Waals surface area contributed by atoms with E-state index in [1.165, 1.54) is 0 Å². The van der Waals surface area contributed by atoms with Gasteiger partial charge in [0.05, 0.1) is 12.4 Å². The molecule has 0 amide bonds. The van der Waals surface area contributed by atoms with Gasteiger partial charge in [0.1, 0.15) is 33.1 Å². The van der Waals surface area contributed by atoms with Gasteiger partial charge in [0.2, 0.25) is 0 Å². The normalized spacial score (nSPS) is 11.3. The van der Waals surface area contributed by atoms with Crippen LogP contribution < -0.4 is 0 Å². The molecule has 8 aromatic rings. The minimum Gasteiger partial charge on any atom is -0.158 e. The molecule has 0 aliphatic carbocycles. The minimum atomic E-state index is 0.631. The van der Waals surface area contributed by atoms with Crippen molar-refractivity contribution in [1.29, 1.82) is 0 Å². The fraction of sp³-hybridized carbons (Fsp3) is 0. The highest BCUT2D eigenvalue weighted by molar-refractivity contribution is 6.22. The van der Waals surface area contributed by atoms with Gasteiger partial charge in [-0.05, 0) is 43.8 Å². The smallest absolute Gasteiger partial charge is 0.144 e. The van der Waals surface area contributed by atoms with E-state index in [2.05, 4.69) is 61.6 Å². The average molecular weight is 468 g/mol. The van der Waals surface area contributed by atoms with Gasteiger partial charge in [0, 0.05) is 21.5 Å². The zero-order chi connectivity index (χ0) is 23.9. The van der Waals surface area contributed by atoms with Crippen LogP contribution in [0.1, 0.15) is 0 Å². The summed E-state index contributed by atoms with van der Waals surface area (Å²) in [7, 11) is 0. The van der Waals surface area contributed by atoms with E-state index >= 15 is 0 Å². The maximum Gasteiger partial charge on any atom is 0.144 e. The maximum atomic E-state index is 4.14. The van der Waals surface area contributed by atoms with Crippen molar-refractivity contribution in [3.05, 3.63) is 73.1 Å². The van der Waals surface area contributed by atoms with Crippen LogP contribution in [-0.2, 0) is 0 Å². The third kappa shape index (κ3) is 3.01. The minimum absolute atomic E-state index is 0.631. The van der Waals surface area contributed by atoms with Gasteiger partial charge in [-0.25, -0.2) is 0 Å². The number of hydrogen-bond donors (Lipinski definition) is 0. The molecule has 12 heteroatoms. The van der Waals surface area contributed by atoms with E-state index in [4.69, 9.17) is 0 Å². The second-order valence-corrected chi connectivity index (χ2v) is 7.83. The van der Waals surface area contributed by atoms with Crippen LogP contribution in [-0.4, -0.2) is 61.6 Å². The van der Waals surface area contributed by atoms with Gasteiger partial charge in [0.25, 0.3) is 0 Å². The first kappa shape index (κ1) is 19.9. The standard InChI is InChI=1S/2C12H6N6/c2*1-2-4-8-7(3-1)9-5-6-13-14-10(9)12-11(8)15-17-18-16-12/h2*1-6H. The fourth-order valence-corrected chi connectivity index (χ4v) is 4.43. The van der Waals surface area contributed by atoms with Crippen molar-refractivity contribution in [1.82, 2.24) is 61.6 Å². The molecular formula is C24H12N12.